The van der Waals surface area contributed by atoms with Crippen LogP contribution in [0.3, 0.4) is 0 Å². The smallest absolute Gasteiger partial charge is 0.218 e. The van der Waals surface area contributed by atoms with Gasteiger partial charge in [0.15, 0.2) is 10.8 Å². The van der Waals surface area contributed by atoms with Crippen LogP contribution in [0.15, 0.2) is 21.2 Å². The van der Waals surface area contributed by atoms with Crippen LogP contribution < -0.4 is 0 Å². The van der Waals surface area contributed by atoms with Gasteiger partial charge in [-0.3, -0.25) is 5.41 Å². The highest BCUT2D eigenvalue weighted by atomic mass is 79.9. The molecule has 0 aliphatic rings. The fourth-order valence-corrected chi connectivity index (χ4v) is 1.16. The number of ether oxygens (including phenoxy) is 1. The largest absolute Gasteiger partial charge is 0.479 e. The number of rotatable bonds is 3. The van der Waals surface area contributed by atoms with Crippen molar-refractivity contribution in [2.75, 3.05) is 6.61 Å². The summed E-state index contributed by atoms with van der Waals surface area (Å²) in [6.45, 7) is 2.11. The minimum Gasteiger partial charge on any atom is -0.479 e. The van der Waals surface area contributed by atoms with Gasteiger partial charge < -0.3 is 14.3 Å². The van der Waals surface area contributed by atoms with Gasteiger partial charge in [0.25, 0.3) is 0 Å². The molecule has 0 saturated carbocycles. The summed E-state index contributed by atoms with van der Waals surface area (Å²) >= 11 is 3.10. The molecule has 0 aliphatic carbocycles. The van der Waals surface area contributed by atoms with E-state index in [9.17, 15) is 5.11 Å². The van der Waals surface area contributed by atoms with Gasteiger partial charge in [-0.05, 0) is 35.0 Å². The van der Waals surface area contributed by atoms with Crippen molar-refractivity contribution >= 4 is 34.2 Å². The van der Waals surface area contributed by atoms with E-state index >= 15 is 0 Å². The Kier molecular flexibility index (Phi) is 5.83. The van der Waals surface area contributed by atoms with Gasteiger partial charge in [0.05, 0.1) is 6.61 Å². The minimum atomic E-state index is -1.12. The molecule has 1 atom stereocenters. The van der Waals surface area contributed by atoms with Crippen molar-refractivity contribution in [3.05, 3.63) is 22.6 Å². The first kappa shape index (κ1) is 13.5. The molecule has 4 nitrogen and oxygen atoms in total. The predicted octanol–water partition coefficient (Wildman–Crippen LogP) is 2.51. The Morgan fingerprint density at radius 2 is 2.36 bits per heavy atom. The van der Waals surface area contributed by atoms with E-state index in [1.165, 1.54) is 0 Å². The van der Waals surface area contributed by atoms with E-state index in [1.54, 1.807) is 19.1 Å². The first-order chi connectivity index (χ1) is 6.15. The summed E-state index contributed by atoms with van der Waals surface area (Å²) in [5.74, 6) is 0.0923. The first-order valence-corrected chi connectivity index (χ1v) is 4.59. The number of aliphatic hydroxyl groups is 1. The number of nitrogens with one attached hydrogen (secondary N) is 1. The Balaban J connectivity index is 0.00000169. The summed E-state index contributed by atoms with van der Waals surface area (Å²) in [5, 5.41) is 16.8. The van der Waals surface area contributed by atoms with Crippen LogP contribution in [0.4, 0.5) is 0 Å². The third-order valence-electron chi connectivity index (χ3n) is 1.41. The van der Waals surface area contributed by atoms with Crippen molar-refractivity contribution in [3.8, 4) is 0 Å². The van der Waals surface area contributed by atoms with Crippen molar-refractivity contribution in [1.29, 1.82) is 5.41 Å². The summed E-state index contributed by atoms with van der Waals surface area (Å²) in [6, 6.07) is 3.24. The zero-order chi connectivity index (χ0) is 9.84. The molecule has 0 radical (unpaired) electrons. The van der Waals surface area contributed by atoms with E-state index in [0.29, 0.717) is 17.0 Å². The Hall–Kier alpha value is -0.520. The predicted molar refractivity (Wildman–Crippen MR) is 58.0 cm³/mol. The molecular formula is C8H11BrClNO3. The molecular weight excluding hydrogens is 273 g/mol. The second-order valence-electron chi connectivity index (χ2n) is 2.34. The van der Waals surface area contributed by atoms with Crippen LogP contribution in [0.25, 0.3) is 0 Å². The average Bonchev–Trinajstić information content (AvgIpc) is 2.51. The molecule has 1 aromatic rings. The second kappa shape index (κ2) is 6.06. The van der Waals surface area contributed by atoms with Gasteiger partial charge >= 0.3 is 0 Å². The molecule has 1 heterocycles. The van der Waals surface area contributed by atoms with E-state index in [0.717, 1.165) is 0 Å². The van der Waals surface area contributed by atoms with Gasteiger partial charge in [-0.1, -0.05) is 0 Å². The summed E-state index contributed by atoms with van der Waals surface area (Å²) in [5.41, 5.74) is 0. The fourth-order valence-electron chi connectivity index (χ4n) is 0.839. The SMILES string of the molecule is CCOC(=N)C(O)c1ccc(Br)o1.Cl. The lowest BCUT2D eigenvalue weighted by molar-refractivity contribution is 0.167. The Morgan fingerprint density at radius 3 is 2.79 bits per heavy atom. The zero-order valence-electron chi connectivity index (χ0n) is 7.49. The number of aliphatic hydroxyl groups excluding tert-OH is 1. The standard InChI is InChI=1S/C8H10BrNO3.ClH/c1-2-12-8(10)7(11)5-3-4-6(9)13-5;/h3-4,7,10-11H,2H2,1H3;1H. The van der Waals surface area contributed by atoms with Crippen LogP contribution in [-0.2, 0) is 4.74 Å². The highest BCUT2D eigenvalue weighted by Crippen LogP contribution is 2.21. The highest BCUT2D eigenvalue weighted by Gasteiger charge is 2.18. The molecule has 2 N–H and O–H groups in total. The molecule has 0 bridgehead atoms. The van der Waals surface area contributed by atoms with Gasteiger partial charge in [0, 0.05) is 0 Å². The van der Waals surface area contributed by atoms with Crippen molar-refractivity contribution in [2.24, 2.45) is 0 Å². The number of hydrogen-bond donors (Lipinski definition) is 2. The Morgan fingerprint density at radius 1 is 1.71 bits per heavy atom. The lowest BCUT2D eigenvalue weighted by atomic mass is 10.3. The van der Waals surface area contributed by atoms with E-state index in [-0.39, 0.29) is 18.3 Å². The maximum atomic E-state index is 9.47. The Bertz CT molecular complexity index is 303. The van der Waals surface area contributed by atoms with Gasteiger partial charge in [-0.15, -0.1) is 12.4 Å². The Labute approximate surface area is 96.3 Å². The summed E-state index contributed by atoms with van der Waals surface area (Å²) < 4.78 is 10.4. The van der Waals surface area contributed by atoms with E-state index in [1.807, 2.05) is 0 Å². The molecule has 80 valence electrons. The van der Waals surface area contributed by atoms with Crippen LogP contribution >= 0.6 is 28.3 Å². The first-order valence-electron chi connectivity index (χ1n) is 3.79. The van der Waals surface area contributed by atoms with Crippen LogP contribution in [0.1, 0.15) is 18.8 Å². The van der Waals surface area contributed by atoms with Crippen molar-refractivity contribution in [3.63, 3.8) is 0 Å². The van der Waals surface area contributed by atoms with Gasteiger partial charge in [0.1, 0.15) is 5.76 Å². The third-order valence-corrected chi connectivity index (χ3v) is 1.84. The summed E-state index contributed by atoms with van der Waals surface area (Å²) in [6.07, 6.45) is -1.12. The quantitative estimate of drug-likeness (QED) is 0.662. The molecule has 1 rings (SSSR count). The molecule has 0 spiro atoms. The molecule has 0 saturated heterocycles. The molecule has 14 heavy (non-hydrogen) atoms. The molecule has 0 fully saturated rings. The fraction of sp³-hybridized carbons (Fsp3) is 0.375. The summed E-state index contributed by atoms with van der Waals surface area (Å²) in [4.78, 5) is 0. The van der Waals surface area contributed by atoms with Crippen molar-refractivity contribution in [2.45, 2.75) is 13.0 Å². The van der Waals surface area contributed by atoms with Crippen LogP contribution in [0.5, 0.6) is 0 Å². The molecule has 0 aromatic carbocycles. The van der Waals surface area contributed by atoms with Crippen LogP contribution in [0, 0.1) is 5.41 Å². The molecule has 0 aliphatic heterocycles. The topological polar surface area (TPSA) is 66.5 Å². The normalized spacial score (nSPS) is 11.6. The number of furan rings is 1. The maximum Gasteiger partial charge on any atom is 0.218 e. The van der Waals surface area contributed by atoms with Crippen molar-refractivity contribution in [1.82, 2.24) is 0 Å². The average molecular weight is 285 g/mol. The van der Waals surface area contributed by atoms with Gasteiger partial charge in [-0.25, -0.2) is 0 Å². The van der Waals surface area contributed by atoms with Crippen LogP contribution in [-0.4, -0.2) is 17.6 Å². The number of hydrogen-bond acceptors (Lipinski definition) is 4. The molecule has 0 amide bonds. The molecule has 1 unspecified atom stereocenters. The lowest BCUT2D eigenvalue weighted by Gasteiger charge is -2.08. The third kappa shape index (κ3) is 3.32. The minimum absolute atomic E-state index is 0. The maximum absolute atomic E-state index is 9.47. The van der Waals surface area contributed by atoms with E-state index in [4.69, 9.17) is 14.6 Å². The zero-order valence-corrected chi connectivity index (χ0v) is 9.89. The van der Waals surface area contributed by atoms with Crippen molar-refractivity contribution < 1.29 is 14.3 Å². The summed E-state index contributed by atoms with van der Waals surface area (Å²) in [7, 11) is 0. The molecule has 6 heteroatoms. The van der Waals surface area contributed by atoms with Gasteiger partial charge in [0.2, 0.25) is 5.90 Å². The van der Waals surface area contributed by atoms with Gasteiger partial charge in [-0.2, -0.15) is 0 Å². The number of halogens is 2. The monoisotopic (exact) mass is 283 g/mol. The van der Waals surface area contributed by atoms with E-state index in [2.05, 4.69) is 15.9 Å². The second-order valence-corrected chi connectivity index (χ2v) is 3.12. The highest BCUT2D eigenvalue weighted by molar-refractivity contribution is 9.10. The van der Waals surface area contributed by atoms with Crippen LogP contribution in [0.2, 0.25) is 0 Å². The molecule has 1 aromatic heterocycles. The van der Waals surface area contributed by atoms with E-state index < -0.39 is 6.10 Å². The lowest BCUT2D eigenvalue weighted by Crippen LogP contribution is -2.13.